The summed E-state index contributed by atoms with van der Waals surface area (Å²) < 4.78 is 0. The van der Waals surface area contributed by atoms with Gasteiger partial charge in [-0.1, -0.05) is 11.6 Å². The summed E-state index contributed by atoms with van der Waals surface area (Å²) in [6.07, 6.45) is 0. The summed E-state index contributed by atoms with van der Waals surface area (Å²) >= 11 is 7.31. The quantitative estimate of drug-likeness (QED) is 0.812. The second-order valence-electron chi connectivity index (χ2n) is 2.82. The lowest BCUT2D eigenvalue weighted by Gasteiger charge is -1.98. The number of hydrogen-bond donors (Lipinski definition) is 1. The van der Waals surface area contributed by atoms with Crippen molar-refractivity contribution in [3.05, 3.63) is 37.9 Å². The molecular weight excluding hydrogens is 220 g/mol. The molecule has 0 fully saturated rings. The van der Waals surface area contributed by atoms with E-state index in [0.29, 0.717) is 10.7 Å². The van der Waals surface area contributed by atoms with E-state index in [9.17, 15) is 4.79 Å². The maximum absolute atomic E-state index is 11.4. The van der Waals surface area contributed by atoms with Crippen molar-refractivity contribution in [2.24, 2.45) is 0 Å². The lowest BCUT2D eigenvalue weighted by Crippen LogP contribution is -2.10. The number of aryl methyl sites for hydroxylation is 1. The van der Waals surface area contributed by atoms with Gasteiger partial charge in [0.2, 0.25) is 0 Å². The number of nitrogens with zero attached hydrogens (tertiary/aromatic N) is 1. The third-order valence-corrected chi connectivity index (χ3v) is 2.96. The van der Waals surface area contributed by atoms with Gasteiger partial charge in [0.05, 0.1) is 5.56 Å². The van der Waals surface area contributed by atoms with E-state index in [0.717, 1.165) is 10.4 Å². The first-order chi connectivity index (χ1) is 6.68. The lowest BCUT2D eigenvalue weighted by atomic mass is 10.1. The molecule has 72 valence electrons. The van der Waals surface area contributed by atoms with Crippen molar-refractivity contribution in [3.63, 3.8) is 0 Å². The summed E-state index contributed by atoms with van der Waals surface area (Å²) in [6, 6.07) is 3.48. The molecule has 0 spiro atoms. The molecule has 2 rings (SSSR count). The van der Waals surface area contributed by atoms with Crippen LogP contribution in [0.5, 0.6) is 0 Å². The second kappa shape index (κ2) is 3.55. The number of H-pyrrole nitrogens is 1. The number of aromatic amines is 1. The van der Waals surface area contributed by atoms with Crippen molar-refractivity contribution in [1.82, 2.24) is 10.2 Å². The molecule has 0 aliphatic carbocycles. The van der Waals surface area contributed by atoms with Gasteiger partial charge in [-0.2, -0.15) is 5.10 Å². The molecule has 2 aromatic rings. The Balaban J connectivity index is 2.68. The molecule has 0 aliphatic rings. The van der Waals surface area contributed by atoms with Crippen LogP contribution in [-0.4, -0.2) is 10.2 Å². The fourth-order valence-electron chi connectivity index (χ4n) is 1.25. The molecule has 14 heavy (non-hydrogen) atoms. The molecule has 0 bridgehead atoms. The summed E-state index contributed by atoms with van der Waals surface area (Å²) in [5.74, 6) is 0. The van der Waals surface area contributed by atoms with Crippen molar-refractivity contribution in [1.29, 1.82) is 0 Å². The van der Waals surface area contributed by atoms with Gasteiger partial charge < -0.3 is 0 Å². The average molecular weight is 227 g/mol. The predicted molar refractivity (Wildman–Crippen MR) is 57.9 cm³/mol. The molecule has 3 nitrogen and oxygen atoms in total. The standard InChI is InChI=1S/C9H7ClN2OS/c1-5-6(2-3-14-5)7-4-8(10)11-12-9(7)13/h2-4H,1H3,(H,12,13). The number of thiophene rings is 1. The van der Waals surface area contributed by atoms with Crippen molar-refractivity contribution in [2.75, 3.05) is 0 Å². The SMILES string of the molecule is Cc1sccc1-c1cc(Cl)n[nH]c1=O. The van der Waals surface area contributed by atoms with Crippen molar-refractivity contribution in [3.8, 4) is 11.1 Å². The largest absolute Gasteiger partial charge is 0.272 e. The zero-order valence-corrected chi connectivity index (χ0v) is 8.95. The number of aromatic nitrogens is 2. The van der Waals surface area contributed by atoms with Gasteiger partial charge in [-0.15, -0.1) is 11.3 Å². The number of rotatable bonds is 1. The smallest absolute Gasteiger partial charge is 0.267 e. The van der Waals surface area contributed by atoms with Crippen LogP contribution in [0.15, 0.2) is 22.3 Å². The molecule has 0 saturated carbocycles. The van der Waals surface area contributed by atoms with Crippen LogP contribution in [0.3, 0.4) is 0 Å². The molecule has 1 N–H and O–H groups in total. The highest BCUT2D eigenvalue weighted by molar-refractivity contribution is 7.10. The van der Waals surface area contributed by atoms with Gasteiger partial charge in [0.15, 0.2) is 0 Å². The van der Waals surface area contributed by atoms with Gasteiger partial charge in [0.25, 0.3) is 5.56 Å². The van der Waals surface area contributed by atoms with Crippen LogP contribution in [0.2, 0.25) is 5.15 Å². The average Bonchev–Trinajstić information content (AvgIpc) is 2.56. The first kappa shape index (κ1) is 9.43. The number of halogens is 1. The van der Waals surface area contributed by atoms with E-state index < -0.39 is 0 Å². The summed E-state index contributed by atoms with van der Waals surface area (Å²) in [5.41, 5.74) is 1.28. The molecule has 5 heteroatoms. The van der Waals surface area contributed by atoms with Gasteiger partial charge in [0.1, 0.15) is 5.15 Å². The Labute approximate surface area is 89.4 Å². The Bertz CT molecular complexity index is 518. The van der Waals surface area contributed by atoms with Crippen LogP contribution in [0.1, 0.15) is 4.88 Å². The molecule has 2 aromatic heterocycles. The summed E-state index contributed by atoms with van der Waals surface area (Å²) in [5, 5.41) is 8.20. The van der Waals surface area contributed by atoms with Crippen molar-refractivity contribution >= 4 is 22.9 Å². The Hall–Kier alpha value is -1.13. The van der Waals surface area contributed by atoms with E-state index in [2.05, 4.69) is 10.2 Å². The first-order valence-corrected chi connectivity index (χ1v) is 5.24. The van der Waals surface area contributed by atoms with Crippen LogP contribution in [-0.2, 0) is 0 Å². The molecule has 0 aromatic carbocycles. The van der Waals surface area contributed by atoms with Gasteiger partial charge >= 0.3 is 0 Å². The third-order valence-electron chi connectivity index (χ3n) is 1.92. The lowest BCUT2D eigenvalue weighted by molar-refractivity contribution is 0.992. The van der Waals surface area contributed by atoms with Gasteiger partial charge in [-0.3, -0.25) is 4.79 Å². The van der Waals surface area contributed by atoms with Gasteiger partial charge in [0, 0.05) is 10.4 Å². The minimum absolute atomic E-state index is 0.212. The van der Waals surface area contributed by atoms with Crippen LogP contribution in [0.4, 0.5) is 0 Å². The van der Waals surface area contributed by atoms with Gasteiger partial charge in [-0.05, 0) is 24.4 Å². The Kier molecular flexibility index (Phi) is 2.39. The minimum atomic E-state index is -0.212. The molecule has 0 atom stereocenters. The van der Waals surface area contributed by atoms with Crippen molar-refractivity contribution < 1.29 is 0 Å². The van der Waals surface area contributed by atoms with Crippen LogP contribution in [0.25, 0.3) is 11.1 Å². The molecule has 0 unspecified atom stereocenters. The van der Waals surface area contributed by atoms with E-state index in [1.807, 2.05) is 18.4 Å². The van der Waals surface area contributed by atoms with E-state index in [1.165, 1.54) is 0 Å². The fraction of sp³-hybridized carbons (Fsp3) is 0.111. The fourth-order valence-corrected chi connectivity index (χ4v) is 2.11. The Morgan fingerprint density at radius 3 is 2.93 bits per heavy atom. The monoisotopic (exact) mass is 226 g/mol. The highest BCUT2D eigenvalue weighted by Crippen LogP contribution is 2.25. The zero-order chi connectivity index (χ0) is 10.1. The maximum Gasteiger partial charge on any atom is 0.272 e. The van der Waals surface area contributed by atoms with Crippen molar-refractivity contribution in [2.45, 2.75) is 6.92 Å². The van der Waals surface area contributed by atoms with E-state index in [4.69, 9.17) is 11.6 Å². The summed E-state index contributed by atoms with van der Waals surface area (Å²) in [6.45, 7) is 1.97. The van der Waals surface area contributed by atoms with Crippen LogP contribution < -0.4 is 5.56 Å². The molecule has 0 aliphatic heterocycles. The zero-order valence-electron chi connectivity index (χ0n) is 7.37. The Morgan fingerprint density at radius 2 is 2.29 bits per heavy atom. The van der Waals surface area contributed by atoms with E-state index in [1.54, 1.807) is 17.4 Å². The molecule has 0 radical (unpaired) electrons. The normalized spacial score (nSPS) is 10.4. The molecule has 0 saturated heterocycles. The van der Waals surface area contributed by atoms with E-state index in [-0.39, 0.29) is 5.56 Å². The summed E-state index contributed by atoms with van der Waals surface area (Å²) in [7, 11) is 0. The maximum atomic E-state index is 11.4. The minimum Gasteiger partial charge on any atom is -0.267 e. The molecule has 0 amide bonds. The number of nitrogens with one attached hydrogen (secondary N) is 1. The molecular formula is C9H7ClN2OS. The first-order valence-electron chi connectivity index (χ1n) is 3.98. The highest BCUT2D eigenvalue weighted by Gasteiger charge is 2.08. The highest BCUT2D eigenvalue weighted by atomic mass is 35.5. The van der Waals surface area contributed by atoms with Crippen LogP contribution >= 0.6 is 22.9 Å². The van der Waals surface area contributed by atoms with Crippen LogP contribution in [0, 0.1) is 6.92 Å². The molecule has 2 heterocycles. The third kappa shape index (κ3) is 1.58. The second-order valence-corrected chi connectivity index (χ2v) is 4.33. The number of hydrogen-bond acceptors (Lipinski definition) is 3. The Morgan fingerprint density at radius 1 is 1.50 bits per heavy atom. The summed E-state index contributed by atoms with van der Waals surface area (Å²) in [4.78, 5) is 12.5. The van der Waals surface area contributed by atoms with E-state index >= 15 is 0 Å². The van der Waals surface area contributed by atoms with Gasteiger partial charge in [-0.25, -0.2) is 5.10 Å². The topological polar surface area (TPSA) is 45.8 Å². The predicted octanol–water partition coefficient (Wildman–Crippen LogP) is 2.46.